The maximum absolute atomic E-state index is 11.0. The molecule has 4 nitrogen and oxygen atoms in total. The average molecular weight is 290 g/mol. The smallest absolute Gasteiger partial charge is 0.297 e. The monoisotopic (exact) mass is 289 g/mol. The van der Waals surface area contributed by atoms with Crippen molar-refractivity contribution in [2.45, 2.75) is 38.0 Å². The lowest BCUT2D eigenvalue weighted by molar-refractivity contribution is 0.0326. The number of hydrogen-bond donors (Lipinski definition) is 1. The second-order valence-corrected chi connectivity index (χ2v) is 6.76. The van der Waals surface area contributed by atoms with E-state index in [0.717, 1.165) is 24.8 Å². The topological polar surface area (TPSA) is 55.4 Å². The van der Waals surface area contributed by atoms with Crippen molar-refractivity contribution in [3.05, 3.63) is 35.9 Å². The van der Waals surface area contributed by atoms with Crippen LogP contribution in [0.1, 0.15) is 24.8 Å². The summed E-state index contributed by atoms with van der Waals surface area (Å²) in [5, 5.41) is 0. The molecule has 0 amide bonds. The van der Waals surface area contributed by atoms with Crippen LogP contribution in [-0.2, 0) is 20.6 Å². The highest BCUT2D eigenvalue weighted by Gasteiger charge is 2.30. The zero-order chi connectivity index (χ0) is 13.0. The number of ether oxygens (including phenoxy) is 1. The van der Waals surface area contributed by atoms with Gasteiger partial charge in [-0.2, -0.15) is 13.1 Å². The standard InChI is InChI=1S/C12H16ClNO3S/c13-18(15,16)14-11-7-4-8-12(11)17-9-10-5-2-1-3-6-10/h1-3,5-6,11-12,14H,4,7-9H2/t11-,12-/m0/s1. The van der Waals surface area contributed by atoms with Crippen molar-refractivity contribution < 1.29 is 13.2 Å². The molecule has 0 aromatic heterocycles. The lowest BCUT2D eigenvalue weighted by atomic mass is 10.2. The number of halogens is 1. The third-order valence-corrected chi connectivity index (χ3v) is 3.90. The molecule has 1 aliphatic rings. The van der Waals surface area contributed by atoms with Crippen molar-refractivity contribution in [2.75, 3.05) is 0 Å². The summed E-state index contributed by atoms with van der Waals surface area (Å²) in [6.45, 7) is 0.492. The van der Waals surface area contributed by atoms with Gasteiger partial charge >= 0.3 is 0 Å². The van der Waals surface area contributed by atoms with Crippen LogP contribution in [0.4, 0.5) is 0 Å². The van der Waals surface area contributed by atoms with Gasteiger partial charge in [-0.1, -0.05) is 30.3 Å². The van der Waals surface area contributed by atoms with E-state index in [1.807, 2.05) is 30.3 Å². The first-order valence-corrected chi connectivity index (χ1v) is 8.23. The molecule has 0 unspecified atom stereocenters. The molecular formula is C12H16ClNO3S. The predicted molar refractivity (Wildman–Crippen MR) is 70.6 cm³/mol. The number of hydrogen-bond acceptors (Lipinski definition) is 3. The van der Waals surface area contributed by atoms with Crippen LogP contribution in [0.3, 0.4) is 0 Å². The summed E-state index contributed by atoms with van der Waals surface area (Å²) >= 11 is 0. The van der Waals surface area contributed by atoms with Crippen molar-refractivity contribution in [3.8, 4) is 0 Å². The van der Waals surface area contributed by atoms with Crippen molar-refractivity contribution in [2.24, 2.45) is 0 Å². The fourth-order valence-electron chi connectivity index (χ4n) is 2.22. The summed E-state index contributed by atoms with van der Waals surface area (Å²) in [6.07, 6.45) is 2.48. The third kappa shape index (κ3) is 4.24. The Balaban J connectivity index is 1.88. The highest BCUT2D eigenvalue weighted by Crippen LogP contribution is 2.24. The van der Waals surface area contributed by atoms with Crippen LogP contribution in [0.2, 0.25) is 0 Å². The Morgan fingerprint density at radius 3 is 2.67 bits per heavy atom. The molecular weight excluding hydrogens is 274 g/mol. The van der Waals surface area contributed by atoms with Gasteiger partial charge in [-0.3, -0.25) is 0 Å². The van der Waals surface area contributed by atoms with Crippen LogP contribution in [-0.4, -0.2) is 20.6 Å². The van der Waals surface area contributed by atoms with E-state index >= 15 is 0 Å². The molecule has 0 saturated heterocycles. The maximum Gasteiger partial charge on any atom is 0.297 e. The van der Waals surface area contributed by atoms with E-state index in [9.17, 15) is 8.42 Å². The Kier molecular flexibility index (Phi) is 4.61. The molecule has 6 heteroatoms. The molecule has 0 aliphatic heterocycles. The molecule has 0 radical (unpaired) electrons. The first-order chi connectivity index (χ1) is 8.54. The number of rotatable bonds is 5. The largest absolute Gasteiger partial charge is 0.372 e. The van der Waals surface area contributed by atoms with E-state index in [1.165, 1.54) is 0 Å². The Bertz CT molecular complexity index is 477. The van der Waals surface area contributed by atoms with Gasteiger partial charge in [0.15, 0.2) is 0 Å². The lowest BCUT2D eigenvalue weighted by Crippen LogP contribution is -2.38. The zero-order valence-electron chi connectivity index (χ0n) is 9.88. The minimum atomic E-state index is -3.68. The highest BCUT2D eigenvalue weighted by atomic mass is 35.7. The molecule has 0 bridgehead atoms. The molecule has 0 spiro atoms. The molecule has 2 rings (SSSR count). The normalized spacial score (nSPS) is 24.3. The van der Waals surface area contributed by atoms with Crippen LogP contribution in [0.15, 0.2) is 30.3 Å². The van der Waals surface area contributed by atoms with Crippen molar-refractivity contribution in [1.29, 1.82) is 0 Å². The molecule has 1 aromatic carbocycles. The SMILES string of the molecule is O=S(=O)(Cl)N[C@H]1CCC[C@@H]1OCc1ccccc1. The second kappa shape index (κ2) is 6.02. The van der Waals surface area contributed by atoms with E-state index in [4.69, 9.17) is 15.4 Å². The van der Waals surface area contributed by atoms with Gasteiger partial charge in [-0.25, -0.2) is 0 Å². The Morgan fingerprint density at radius 2 is 2.00 bits per heavy atom. The lowest BCUT2D eigenvalue weighted by Gasteiger charge is -2.19. The van der Waals surface area contributed by atoms with Crippen LogP contribution in [0.25, 0.3) is 0 Å². The highest BCUT2D eigenvalue weighted by molar-refractivity contribution is 8.12. The van der Waals surface area contributed by atoms with E-state index in [-0.39, 0.29) is 12.1 Å². The Labute approximate surface area is 112 Å². The van der Waals surface area contributed by atoms with E-state index in [0.29, 0.717) is 6.61 Å². The van der Waals surface area contributed by atoms with Gasteiger partial charge in [0, 0.05) is 16.7 Å². The summed E-state index contributed by atoms with van der Waals surface area (Å²) < 4.78 is 30.2. The molecule has 100 valence electrons. The van der Waals surface area contributed by atoms with Gasteiger partial charge in [-0.15, -0.1) is 0 Å². The summed E-state index contributed by atoms with van der Waals surface area (Å²) in [4.78, 5) is 0. The number of nitrogens with one attached hydrogen (secondary N) is 1. The van der Waals surface area contributed by atoms with Gasteiger partial charge in [0.05, 0.1) is 12.7 Å². The summed E-state index contributed by atoms with van der Waals surface area (Å²) in [5.74, 6) is 0. The Hall–Kier alpha value is -0.620. The fourth-order valence-corrected chi connectivity index (χ4v) is 3.19. The molecule has 1 aliphatic carbocycles. The fraction of sp³-hybridized carbons (Fsp3) is 0.500. The first-order valence-electron chi connectivity index (χ1n) is 5.92. The summed E-state index contributed by atoms with van der Waals surface area (Å²) in [5.41, 5.74) is 1.08. The van der Waals surface area contributed by atoms with Gasteiger partial charge in [0.1, 0.15) is 0 Å². The van der Waals surface area contributed by atoms with Gasteiger partial charge in [0.2, 0.25) is 0 Å². The quantitative estimate of drug-likeness (QED) is 0.846. The van der Waals surface area contributed by atoms with Crippen LogP contribution < -0.4 is 4.72 Å². The van der Waals surface area contributed by atoms with Gasteiger partial charge in [-0.05, 0) is 24.8 Å². The molecule has 2 atom stereocenters. The second-order valence-electron chi connectivity index (χ2n) is 4.43. The predicted octanol–water partition coefficient (Wildman–Crippen LogP) is 2.20. The van der Waals surface area contributed by atoms with Crippen molar-refractivity contribution >= 4 is 19.9 Å². The van der Waals surface area contributed by atoms with Gasteiger partial charge < -0.3 is 4.74 Å². The number of benzene rings is 1. The molecule has 1 fully saturated rings. The summed E-state index contributed by atoms with van der Waals surface area (Å²) in [6, 6.07) is 9.60. The van der Waals surface area contributed by atoms with Gasteiger partial charge in [0.25, 0.3) is 9.24 Å². The minimum Gasteiger partial charge on any atom is -0.372 e. The zero-order valence-corrected chi connectivity index (χ0v) is 11.5. The third-order valence-electron chi connectivity index (χ3n) is 3.05. The van der Waals surface area contributed by atoms with E-state index in [2.05, 4.69) is 4.72 Å². The molecule has 1 N–H and O–H groups in total. The molecule has 18 heavy (non-hydrogen) atoms. The summed E-state index contributed by atoms with van der Waals surface area (Å²) in [7, 11) is 1.52. The van der Waals surface area contributed by atoms with Crippen LogP contribution >= 0.6 is 10.7 Å². The first kappa shape index (κ1) is 13.8. The van der Waals surface area contributed by atoms with Crippen LogP contribution in [0.5, 0.6) is 0 Å². The van der Waals surface area contributed by atoms with Crippen LogP contribution in [0, 0.1) is 0 Å². The minimum absolute atomic E-state index is 0.0984. The van der Waals surface area contributed by atoms with Crippen molar-refractivity contribution in [1.82, 2.24) is 4.72 Å². The van der Waals surface area contributed by atoms with E-state index < -0.39 is 9.24 Å². The Morgan fingerprint density at radius 1 is 1.28 bits per heavy atom. The maximum atomic E-state index is 11.0. The average Bonchev–Trinajstić information content (AvgIpc) is 2.73. The molecule has 0 heterocycles. The van der Waals surface area contributed by atoms with Crippen molar-refractivity contribution in [3.63, 3.8) is 0 Å². The molecule has 1 saturated carbocycles. The van der Waals surface area contributed by atoms with E-state index in [1.54, 1.807) is 0 Å². The molecule has 1 aromatic rings.